The second kappa shape index (κ2) is 5.44. The summed E-state index contributed by atoms with van der Waals surface area (Å²) in [5.41, 5.74) is 7.48. The van der Waals surface area contributed by atoms with E-state index in [2.05, 4.69) is 9.88 Å². The monoisotopic (exact) mass is 195 g/mol. The molecule has 0 aromatic carbocycles. The smallest absolute Gasteiger partial charge is 0.0738 e. The molecule has 0 spiro atoms. The molecule has 0 atom stereocenters. The van der Waals surface area contributed by atoms with E-state index in [1.165, 1.54) is 0 Å². The number of nitrogen functional groups attached to an aromatic ring is 1. The summed E-state index contributed by atoms with van der Waals surface area (Å²) in [6.45, 7) is 4.29. The molecule has 0 aliphatic rings. The first-order chi connectivity index (χ1) is 6.75. The first kappa shape index (κ1) is 10.8. The minimum Gasteiger partial charge on any atom is -0.396 e. The molecule has 14 heavy (non-hydrogen) atoms. The predicted octanol–water partition coefficient (Wildman–Crippen LogP) is 1.14. The van der Waals surface area contributed by atoms with Gasteiger partial charge in [0.1, 0.15) is 0 Å². The molecule has 4 nitrogen and oxygen atoms in total. The summed E-state index contributed by atoms with van der Waals surface area (Å²) in [4.78, 5) is 6.00. The first-order valence-corrected chi connectivity index (χ1v) is 4.74. The molecule has 0 unspecified atom stereocenters. The van der Waals surface area contributed by atoms with Crippen LogP contribution in [0.2, 0.25) is 0 Å². The van der Waals surface area contributed by atoms with Crippen molar-refractivity contribution < 1.29 is 4.74 Å². The maximum Gasteiger partial charge on any atom is 0.0738 e. The van der Waals surface area contributed by atoms with Gasteiger partial charge in [-0.2, -0.15) is 0 Å². The van der Waals surface area contributed by atoms with Gasteiger partial charge in [-0.05, 0) is 13.0 Å². The summed E-state index contributed by atoms with van der Waals surface area (Å²) in [6.07, 6.45) is 3.40. The molecule has 0 radical (unpaired) electrons. The minimum atomic E-state index is 0.700. The molecule has 1 aromatic heterocycles. The van der Waals surface area contributed by atoms with E-state index in [0.717, 1.165) is 25.4 Å². The molecular weight excluding hydrogens is 178 g/mol. The maximum atomic E-state index is 5.78. The molecule has 0 fully saturated rings. The number of hydrogen-bond donors (Lipinski definition) is 1. The van der Waals surface area contributed by atoms with Crippen LogP contribution in [0.5, 0.6) is 0 Å². The highest BCUT2D eigenvalue weighted by Crippen LogP contribution is 2.18. The Morgan fingerprint density at radius 3 is 3.00 bits per heavy atom. The largest absolute Gasteiger partial charge is 0.396 e. The number of hydrogen-bond acceptors (Lipinski definition) is 4. The van der Waals surface area contributed by atoms with Gasteiger partial charge in [0.25, 0.3) is 0 Å². The van der Waals surface area contributed by atoms with Crippen LogP contribution in [-0.4, -0.2) is 31.8 Å². The Morgan fingerprint density at radius 1 is 1.57 bits per heavy atom. The van der Waals surface area contributed by atoms with Crippen LogP contribution in [0.1, 0.15) is 6.92 Å². The number of ether oxygens (including phenoxy) is 1. The molecular formula is C10H17N3O. The molecule has 0 aliphatic heterocycles. The number of likely N-dealkylation sites (N-methyl/N-ethyl adjacent to an activating group) is 1. The fourth-order valence-corrected chi connectivity index (χ4v) is 1.21. The van der Waals surface area contributed by atoms with Crippen molar-refractivity contribution in [3.8, 4) is 0 Å². The SMILES string of the molecule is CCOCCN(C)c1ccncc1N. The molecule has 1 aromatic rings. The average molecular weight is 195 g/mol. The van der Waals surface area contributed by atoms with E-state index in [9.17, 15) is 0 Å². The summed E-state index contributed by atoms with van der Waals surface area (Å²) in [7, 11) is 1.99. The van der Waals surface area contributed by atoms with Crippen LogP contribution >= 0.6 is 0 Å². The third-order valence-electron chi connectivity index (χ3n) is 2.01. The lowest BCUT2D eigenvalue weighted by molar-refractivity contribution is 0.154. The molecule has 78 valence electrons. The summed E-state index contributed by atoms with van der Waals surface area (Å²) in [5.74, 6) is 0. The Bertz CT molecular complexity index is 278. The number of aromatic nitrogens is 1. The van der Waals surface area contributed by atoms with Gasteiger partial charge in [0.05, 0.1) is 24.2 Å². The van der Waals surface area contributed by atoms with Gasteiger partial charge in [-0.15, -0.1) is 0 Å². The van der Waals surface area contributed by atoms with Crippen LogP contribution in [0, 0.1) is 0 Å². The van der Waals surface area contributed by atoms with Gasteiger partial charge in [0.2, 0.25) is 0 Å². The lowest BCUT2D eigenvalue weighted by Gasteiger charge is -2.20. The molecule has 1 heterocycles. The number of nitrogens with two attached hydrogens (primary N) is 1. The molecule has 0 bridgehead atoms. The summed E-state index contributed by atoms with van der Waals surface area (Å²) < 4.78 is 5.27. The Kier molecular flexibility index (Phi) is 4.19. The van der Waals surface area contributed by atoms with E-state index in [4.69, 9.17) is 10.5 Å². The second-order valence-electron chi connectivity index (χ2n) is 3.05. The summed E-state index contributed by atoms with van der Waals surface area (Å²) in [5, 5.41) is 0. The normalized spacial score (nSPS) is 10.1. The molecule has 2 N–H and O–H groups in total. The van der Waals surface area contributed by atoms with Crippen molar-refractivity contribution in [2.45, 2.75) is 6.92 Å². The molecule has 0 amide bonds. The Hall–Kier alpha value is -1.29. The standard InChI is InChI=1S/C10H17N3O/c1-3-14-7-6-13(2)10-4-5-12-8-9(10)11/h4-5,8H,3,6-7,11H2,1-2H3. The molecule has 4 heteroatoms. The van der Waals surface area contributed by atoms with Crippen LogP contribution in [0.4, 0.5) is 11.4 Å². The molecule has 0 saturated carbocycles. The zero-order chi connectivity index (χ0) is 10.4. The van der Waals surface area contributed by atoms with E-state index in [0.29, 0.717) is 5.69 Å². The van der Waals surface area contributed by atoms with Gasteiger partial charge in [0.15, 0.2) is 0 Å². The summed E-state index contributed by atoms with van der Waals surface area (Å²) in [6, 6.07) is 1.90. The van der Waals surface area contributed by atoms with Crippen molar-refractivity contribution in [3.63, 3.8) is 0 Å². The van der Waals surface area contributed by atoms with E-state index in [1.54, 1.807) is 12.4 Å². The van der Waals surface area contributed by atoms with Gasteiger partial charge in [-0.3, -0.25) is 4.98 Å². The van der Waals surface area contributed by atoms with Gasteiger partial charge >= 0.3 is 0 Å². The molecule has 0 aliphatic carbocycles. The second-order valence-corrected chi connectivity index (χ2v) is 3.05. The van der Waals surface area contributed by atoms with E-state index in [1.807, 2.05) is 20.0 Å². The van der Waals surface area contributed by atoms with Crippen molar-refractivity contribution in [3.05, 3.63) is 18.5 Å². The van der Waals surface area contributed by atoms with Gasteiger partial charge in [-0.1, -0.05) is 0 Å². The van der Waals surface area contributed by atoms with Gasteiger partial charge in [-0.25, -0.2) is 0 Å². The van der Waals surface area contributed by atoms with Crippen molar-refractivity contribution in [2.75, 3.05) is 37.4 Å². The van der Waals surface area contributed by atoms with Gasteiger partial charge < -0.3 is 15.4 Å². The topological polar surface area (TPSA) is 51.4 Å². The highest BCUT2D eigenvalue weighted by molar-refractivity contribution is 5.65. The molecule has 0 saturated heterocycles. The minimum absolute atomic E-state index is 0.700. The lowest BCUT2D eigenvalue weighted by atomic mass is 10.3. The van der Waals surface area contributed by atoms with Crippen LogP contribution in [-0.2, 0) is 4.74 Å². The zero-order valence-corrected chi connectivity index (χ0v) is 8.73. The third kappa shape index (κ3) is 2.88. The van der Waals surface area contributed by atoms with Crippen molar-refractivity contribution in [2.24, 2.45) is 0 Å². The van der Waals surface area contributed by atoms with E-state index < -0.39 is 0 Å². The highest BCUT2D eigenvalue weighted by Gasteiger charge is 2.03. The van der Waals surface area contributed by atoms with Crippen LogP contribution in [0.15, 0.2) is 18.5 Å². The Morgan fingerprint density at radius 2 is 2.36 bits per heavy atom. The van der Waals surface area contributed by atoms with Crippen LogP contribution in [0.25, 0.3) is 0 Å². The lowest BCUT2D eigenvalue weighted by Crippen LogP contribution is -2.23. The van der Waals surface area contributed by atoms with Crippen molar-refractivity contribution in [1.82, 2.24) is 4.98 Å². The molecule has 1 rings (SSSR count). The zero-order valence-electron chi connectivity index (χ0n) is 8.73. The third-order valence-corrected chi connectivity index (χ3v) is 2.01. The fraction of sp³-hybridized carbons (Fsp3) is 0.500. The number of rotatable bonds is 5. The number of nitrogens with zero attached hydrogens (tertiary/aromatic N) is 2. The maximum absolute atomic E-state index is 5.78. The van der Waals surface area contributed by atoms with Gasteiger partial charge in [0, 0.05) is 26.4 Å². The number of pyridine rings is 1. The van der Waals surface area contributed by atoms with Crippen molar-refractivity contribution >= 4 is 11.4 Å². The Labute approximate surface area is 84.7 Å². The highest BCUT2D eigenvalue weighted by atomic mass is 16.5. The fourth-order valence-electron chi connectivity index (χ4n) is 1.21. The van der Waals surface area contributed by atoms with Crippen molar-refractivity contribution in [1.29, 1.82) is 0 Å². The Balaban J connectivity index is 2.51. The van der Waals surface area contributed by atoms with Crippen LogP contribution < -0.4 is 10.6 Å². The number of anilines is 2. The summed E-state index contributed by atoms with van der Waals surface area (Å²) >= 11 is 0. The predicted molar refractivity (Wildman–Crippen MR) is 58.4 cm³/mol. The van der Waals surface area contributed by atoms with E-state index >= 15 is 0 Å². The average Bonchev–Trinajstić information content (AvgIpc) is 2.18. The quantitative estimate of drug-likeness (QED) is 0.716. The first-order valence-electron chi connectivity index (χ1n) is 4.74. The van der Waals surface area contributed by atoms with Crippen LogP contribution in [0.3, 0.4) is 0 Å². The van der Waals surface area contributed by atoms with E-state index in [-0.39, 0.29) is 0 Å².